The second kappa shape index (κ2) is 9.72. The molecule has 1 aromatic heterocycles. The SMILES string of the molecule is CCCCOc1ccc(C(=O)N/N=C(/C)c2ccc(C(=O)[O-])s2)cc1OC. The number of nitrogens with one attached hydrogen (secondary N) is 1. The zero-order valence-electron chi connectivity index (χ0n) is 15.4. The highest BCUT2D eigenvalue weighted by Crippen LogP contribution is 2.28. The molecule has 0 bridgehead atoms. The van der Waals surface area contributed by atoms with Crippen molar-refractivity contribution in [3.05, 3.63) is 45.6 Å². The monoisotopic (exact) mass is 389 g/mol. The Morgan fingerprint density at radius 3 is 2.56 bits per heavy atom. The maximum absolute atomic E-state index is 12.3. The van der Waals surface area contributed by atoms with Crippen molar-refractivity contribution >= 4 is 28.9 Å². The summed E-state index contributed by atoms with van der Waals surface area (Å²) in [7, 11) is 1.51. The van der Waals surface area contributed by atoms with Crippen LogP contribution in [0.4, 0.5) is 0 Å². The number of nitrogens with zero attached hydrogens (tertiary/aromatic N) is 1. The maximum atomic E-state index is 12.3. The van der Waals surface area contributed by atoms with Gasteiger partial charge in [0, 0.05) is 5.56 Å². The molecule has 0 spiro atoms. The summed E-state index contributed by atoms with van der Waals surface area (Å²) in [5, 5.41) is 14.9. The maximum Gasteiger partial charge on any atom is 0.271 e. The van der Waals surface area contributed by atoms with Gasteiger partial charge in [-0.2, -0.15) is 5.10 Å². The van der Waals surface area contributed by atoms with Crippen molar-refractivity contribution in [2.75, 3.05) is 13.7 Å². The van der Waals surface area contributed by atoms with Crippen molar-refractivity contribution in [1.29, 1.82) is 0 Å². The first-order chi connectivity index (χ1) is 13.0. The molecule has 1 aromatic carbocycles. The average molecular weight is 389 g/mol. The minimum atomic E-state index is -1.24. The molecular formula is C19H21N2O5S-. The van der Waals surface area contributed by atoms with E-state index in [1.165, 1.54) is 13.2 Å². The Balaban J connectivity index is 2.06. The second-order valence-corrected chi connectivity index (χ2v) is 6.74. The summed E-state index contributed by atoms with van der Waals surface area (Å²) in [6.07, 6.45) is 1.95. The van der Waals surface area contributed by atoms with E-state index < -0.39 is 11.9 Å². The van der Waals surface area contributed by atoms with Crippen LogP contribution >= 0.6 is 11.3 Å². The molecule has 0 aliphatic rings. The Labute approximate surface area is 161 Å². The number of benzene rings is 1. The number of hydrogen-bond acceptors (Lipinski definition) is 7. The van der Waals surface area contributed by atoms with Crippen LogP contribution in [-0.2, 0) is 0 Å². The molecule has 0 saturated heterocycles. The lowest BCUT2D eigenvalue weighted by Crippen LogP contribution is -2.20. The molecule has 1 amide bonds. The minimum absolute atomic E-state index is 0.106. The first-order valence-corrected chi connectivity index (χ1v) is 9.25. The van der Waals surface area contributed by atoms with Gasteiger partial charge in [0.1, 0.15) is 0 Å². The summed E-state index contributed by atoms with van der Waals surface area (Å²) in [5.41, 5.74) is 3.32. The number of hydrogen-bond donors (Lipinski definition) is 1. The van der Waals surface area contributed by atoms with Crippen LogP contribution in [0.5, 0.6) is 11.5 Å². The normalized spacial score (nSPS) is 11.1. The lowest BCUT2D eigenvalue weighted by molar-refractivity contribution is -0.254. The molecule has 1 N–H and O–H groups in total. The minimum Gasteiger partial charge on any atom is -0.544 e. The lowest BCUT2D eigenvalue weighted by atomic mass is 10.2. The van der Waals surface area contributed by atoms with Crippen molar-refractivity contribution in [3.63, 3.8) is 0 Å². The number of hydrazone groups is 1. The number of unbranched alkanes of at least 4 members (excludes halogenated alkanes) is 1. The number of carbonyl (C=O) groups is 2. The van der Waals surface area contributed by atoms with Crippen LogP contribution in [-0.4, -0.2) is 31.3 Å². The molecule has 27 heavy (non-hydrogen) atoms. The van der Waals surface area contributed by atoms with E-state index in [9.17, 15) is 14.7 Å². The first-order valence-electron chi connectivity index (χ1n) is 8.43. The Morgan fingerprint density at radius 2 is 1.93 bits per heavy atom. The van der Waals surface area contributed by atoms with E-state index in [4.69, 9.17) is 9.47 Å². The van der Waals surface area contributed by atoms with Gasteiger partial charge in [-0.25, -0.2) is 5.43 Å². The van der Waals surface area contributed by atoms with Crippen molar-refractivity contribution in [3.8, 4) is 11.5 Å². The van der Waals surface area contributed by atoms with E-state index in [-0.39, 0.29) is 4.88 Å². The summed E-state index contributed by atoms with van der Waals surface area (Å²) < 4.78 is 10.9. The molecule has 0 unspecified atom stereocenters. The third kappa shape index (κ3) is 5.55. The number of rotatable bonds is 9. The molecule has 1 heterocycles. The van der Waals surface area contributed by atoms with Gasteiger partial charge in [0.2, 0.25) is 0 Å². The Bertz CT molecular complexity index is 844. The quantitative estimate of drug-likeness (QED) is 0.403. The van der Waals surface area contributed by atoms with Crippen LogP contribution < -0.4 is 20.0 Å². The van der Waals surface area contributed by atoms with Crippen LogP contribution in [0.15, 0.2) is 35.4 Å². The highest BCUT2D eigenvalue weighted by Gasteiger charge is 2.11. The number of carboxylic acid groups (broad SMARTS) is 1. The molecule has 0 saturated carbocycles. The number of ether oxygens (including phenoxy) is 2. The molecular weight excluding hydrogens is 368 g/mol. The molecule has 0 fully saturated rings. The fourth-order valence-electron chi connectivity index (χ4n) is 2.15. The molecule has 144 valence electrons. The highest BCUT2D eigenvalue weighted by atomic mass is 32.1. The molecule has 2 aromatic rings. The summed E-state index contributed by atoms with van der Waals surface area (Å²) in [4.78, 5) is 23.9. The summed E-state index contributed by atoms with van der Waals surface area (Å²) >= 11 is 1.03. The van der Waals surface area contributed by atoms with Crippen LogP contribution in [0.2, 0.25) is 0 Å². The van der Waals surface area contributed by atoms with Crippen LogP contribution in [0, 0.1) is 0 Å². The van der Waals surface area contributed by atoms with Crippen molar-refractivity contribution in [2.24, 2.45) is 5.10 Å². The van der Waals surface area contributed by atoms with Gasteiger partial charge in [-0.15, -0.1) is 11.3 Å². The van der Waals surface area contributed by atoms with Gasteiger partial charge in [-0.05, 0) is 43.7 Å². The first kappa shape index (κ1) is 20.4. The largest absolute Gasteiger partial charge is 0.544 e. The van der Waals surface area contributed by atoms with Crippen molar-refractivity contribution in [2.45, 2.75) is 26.7 Å². The topological polar surface area (TPSA) is 100 Å². The van der Waals surface area contributed by atoms with Gasteiger partial charge in [-0.1, -0.05) is 13.3 Å². The molecule has 0 aliphatic heterocycles. The van der Waals surface area contributed by atoms with Crippen LogP contribution in [0.25, 0.3) is 0 Å². The van der Waals surface area contributed by atoms with E-state index in [1.54, 1.807) is 31.2 Å². The van der Waals surface area contributed by atoms with E-state index in [0.717, 1.165) is 24.2 Å². The van der Waals surface area contributed by atoms with Gasteiger partial charge in [0.05, 0.1) is 35.2 Å². The Morgan fingerprint density at radius 1 is 1.19 bits per heavy atom. The Hall–Kier alpha value is -2.87. The Kier molecular flexibility index (Phi) is 7.36. The van der Waals surface area contributed by atoms with Gasteiger partial charge >= 0.3 is 0 Å². The zero-order valence-corrected chi connectivity index (χ0v) is 16.2. The number of methoxy groups -OCH3 is 1. The highest BCUT2D eigenvalue weighted by molar-refractivity contribution is 7.15. The third-order valence-corrected chi connectivity index (χ3v) is 4.84. The zero-order chi connectivity index (χ0) is 19.8. The van der Waals surface area contributed by atoms with E-state index in [2.05, 4.69) is 17.5 Å². The lowest BCUT2D eigenvalue weighted by Gasteiger charge is -2.11. The third-order valence-electron chi connectivity index (χ3n) is 3.67. The standard InChI is InChI=1S/C19H22N2O5S/c1-4-5-10-26-14-7-6-13(11-15(14)25-3)18(22)21-20-12(2)16-8-9-17(27-16)19(23)24/h6-9,11H,4-5,10H2,1-3H3,(H,21,22)(H,23,24)/p-1/b20-12-. The van der Waals surface area contributed by atoms with E-state index in [1.807, 2.05) is 0 Å². The van der Waals surface area contributed by atoms with Gasteiger partial charge in [0.15, 0.2) is 11.5 Å². The molecule has 8 heteroatoms. The predicted octanol–water partition coefficient (Wildman–Crippen LogP) is 2.45. The average Bonchev–Trinajstić information content (AvgIpc) is 3.17. The number of carbonyl (C=O) groups excluding carboxylic acids is 2. The number of aromatic carboxylic acids is 1. The second-order valence-electron chi connectivity index (χ2n) is 5.66. The summed E-state index contributed by atoms with van der Waals surface area (Å²) in [6, 6.07) is 7.96. The number of amides is 1. The molecule has 7 nitrogen and oxygen atoms in total. The fraction of sp³-hybridized carbons (Fsp3) is 0.316. The molecule has 0 atom stereocenters. The predicted molar refractivity (Wildman–Crippen MR) is 102 cm³/mol. The van der Waals surface area contributed by atoms with Gasteiger partial charge in [0.25, 0.3) is 5.91 Å². The smallest absolute Gasteiger partial charge is 0.271 e. The molecule has 0 radical (unpaired) electrons. The van der Waals surface area contributed by atoms with Crippen molar-refractivity contribution in [1.82, 2.24) is 5.43 Å². The van der Waals surface area contributed by atoms with E-state index in [0.29, 0.717) is 34.3 Å². The van der Waals surface area contributed by atoms with Crippen molar-refractivity contribution < 1.29 is 24.2 Å². The van der Waals surface area contributed by atoms with Gasteiger partial charge < -0.3 is 19.4 Å². The van der Waals surface area contributed by atoms with E-state index >= 15 is 0 Å². The summed E-state index contributed by atoms with van der Waals surface area (Å²) in [6.45, 7) is 4.33. The fourth-order valence-corrected chi connectivity index (χ4v) is 2.94. The van der Waals surface area contributed by atoms with Crippen LogP contribution in [0.1, 0.15) is 51.6 Å². The van der Waals surface area contributed by atoms with Gasteiger partial charge in [-0.3, -0.25) is 4.79 Å². The molecule has 2 rings (SSSR count). The molecule has 0 aliphatic carbocycles. The number of thiophene rings is 1. The number of carboxylic acids is 1. The van der Waals surface area contributed by atoms with Crippen LogP contribution in [0.3, 0.4) is 0 Å². The summed E-state index contributed by atoms with van der Waals surface area (Å²) in [5.74, 6) is -0.604.